The predicted octanol–water partition coefficient (Wildman–Crippen LogP) is 1.75. The van der Waals surface area contributed by atoms with E-state index in [-0.39, 0.29) is 6.42 Å². The van der Waals surface area contributed by atoms with Gasteiger partial charge in [-0.15, -0.1) is 0 Å². The summed E-state index contributed by atoms with van der Waals surface area (Å²) in [7, 11) is 0. The van der Waals surface area contributed by atoms with E-state index in [9.17, 15) is 9.90 Å². The molecular weight excluding hydrogens is 268 g/mol. The second kappa shape index (κ2) is 7.52. The quantitative estimate of drug-likeness (QED) is 0.722. The van der Waals surface area contributed by atoms with Gasteiger partial charge in [-0.1, -0.05) is 30.3 Å². The van der Waals surface area contributed by atoms with Crippen molar-refractivity contribution in [1.82, 2.24) is 10.3 Å². The maximum absolute atomic E-state index is 11.0. The topological polar surface area (TPSA) is 82.5 Å². The highest BCUT2D eigenvalue weighted by molar-refractivity contribution is 5.67. The fraction of sp³-hybridized carbons (Fsp3) is 0.250. The maximum Gasteiger partial charge on any atom is 0.305 e. The number of carbonyl (C=O) groups is 1. The van der Waals surface area contributed by atoms with Crippen molar-refractivity contribution in [1.29, 1.82) is 0 Å². The standard InChI is InChI=1S/C16H18N2O3/c19-15(20)10-14(16(21)13-4-2-1-3-5-13)18-11-12-6-8-17-9-7-12/h1-9,14,16,18,21H,10-11H2,(H,19,20). The highest BCUT2D eigenvalue weighted by Gasteiger charge is 2.23. The Morgan fingerprint density at radius 1 is 1.14 bits per heavy atom. The van der Waals surface area contributed by atoms with Crippen molar-refractivity contribution in [3.63, 3.8) is 0 Å². The van der Waals surface area contributed by atoms with E-state index in [1.807, 2.05) is 30.3 Å². The van der Waals surface area contributed by atoms with Crippen molar-refractivity contribution in [2.24, 2.45) is 0 Å². The van der Waals surface area contributed by atoms with Gasteiger partial charge in [0.1, 0.15) is 0 Å². The number of nitrogens with zero attached hydrogens (tertiary/aromatic N) is 1. The smallest absolute Gasteiger partial charge is 0.305 e. The van der Waals surface area contributed by atoms with Crippen LogP contribution in [0.25, 0.3) is 0 Å². The Labute approximate surface area is 123 Å². The van der Waals surface area contributed by atoms with Crippen LogP contribution in [-0.4, -0.2) is 27.2 Å². The first-order valence-electron chi connectivity index (χ1n) is 6.74. The number of aromatic nitrogens is 1. The largest absolute Gasteiger partial charge is 0.481 e. The van der Waals surface area contributed by atoms with Crippen LogP contribution in [0.5, 0.6) is 0 Å². The predicted molar refractivity (Wildman–Crippen MR) is 78.5 cm³/mol. The summed E-state index contributed by atoms with van der Waals surface area (Å²) in [4.78, 5) is 14.9. The summed E-state index contributed by atoms with van der Waals surface area (Å²) < 4.78 is 0. The monoisotopic (exact) mass is 286 g/mol. The molecule has 2 unspecified atom stereocenters. The van der Waals surface area contributed by atoms with E-state index in [1.165, 1.54) is 0 Å². The molecule has 2 rings (SSSR count). The number of aliphatic hydroxyl groups is 1. The third-order valence-electron chi connectivity index (χ3n) is 3.23. The second-order valence-electron chi connectivity index (χ2n) is 4.80. The number of benzene rings is 1. The normalized spacial score (nSPS) is 13.6. The zero-order chi connectivity index (χ0) is 15.1. The lowest BCUT2D eigenvalue weighted by Crippen LogP contribution is -2.36. The van der Waals surface area contributed by atoms with Crippen LogP contribution in [-0.2, 0) is 11.3 Å². The number of hydrogen-bond donors (Lipinski definition) is 3. The molecule has 5 nitrogen and oxygen atoms in total. The number of aliphatic carboxylic acids is 1. The molecule has 3 N–H and O–H groups in total. The summed E-state index contributed by atoms with van der Waals surface area (Å²) in [5.74, 6) is -0.947. The summed E-state index contributed by atoms with van der Waals surface area (Å²) in [6.07, 6.45) is 2.33. The van der Waals surface area contributed by atoms with Crippen molar-refractivity contribution in [2.45, 2.75) is 25.1 Å². The Morgan fingerprint density at radius 2 is 1.81 bits per heavy atom. The van der Waals surface area contributed by atoms with Crippen LogP contribution >= 0.6 is 0 Å². The lowest BCUT2D eigenvalue weighted by molar-refractivity contribution is -0.138. The molecule has 0 saturated heterocycles. The average molecular weight is 286 g/mol. The second-order valence-corrected chi connectivity index (χ2v) is 4.80. The fourth-order valence-electron chi connectivity index (χ4n) is 2.12. The van der Waals surface area contributed by atoms with E-state index in [1.54, 1.807) is 24.5 Å². The molecular formula is C16H18N2O3. The summed E-state index contributed by atoms with van der Waals surface area (Å²) in [6, 6.07) is 12.2. The Bertz CT molecular complexity index is 560. The molecule has 1 aromatic heterocycles. The van der Waals surface area contributed by atoms with Gasteiger partial charge in [-0.2, -0.15) is 0 Å². The molecule has 0 spiro atoms. The van der Waals surface area contributed by atoms with Crippen molar-refractivity contribution < 1.29 is 15.0 Å². The first-order chi connectivity index (χ1) is 10.2. The number of rotatable bonds is 7. The van der Waals surface area contributed by atoms with Gasteiger partial charge in [0.2, 0.25) is 0 Å². The summed E-state index contributed by atoms with van der Waals surface area (Å²) in [5.41, 5.74) is 1.69. The van der Waals surface area contributed by atoms with Gasteiger partial charge in [-0.3, -0.25) is 9.78 Å². The molecule has 1 aromatic carbocycles. The van der Waals surface area contributed by atoms with Crippen molar-refractivity contribution in [3.05, 3.63) is 66.0 Å². The molecule has 1 heterocycles. The first kappa shape index (κ1) is 15.2. The maximum atomic E-state index is 11.0. The van der Waals surface area contributed by atoms with Gasteiger partial charge in [0, 0.05) is 25.0 Å². The van der Waals surface area contributed by atoms with Gasteiger partial charge in [0.05, 0.1) is 12.5 Å². The Balaban J connectivity index is 2.05. The molecule has 0 aliphatic carbocycles. The molecule has 21 heavy (non-hydrogen) atoms. The lowest BCUT2D eigenvalue weighted by Gasteiger charge is -2.23. The van der Waals surface area contributed by atoms with Gasteiger partial charge in [0.25, 0.3) is 0 Å². The van der Waals surface area contributed by atoms with E-state index in [0.29, 0.717) is 12.1 Å². The van der Waals surface area contributed by atoms with Crippen LogP contribution in [0.4, 0.5) is 0 Å². The Morgan fingerprint density at radius 3 is 2.43 bits per heavy atom. The molecule has 0 amide bonds. The number of aliphatic hydroxyl groups excluding tert-OH is 1. The van der Waals surface area contributed by atoms with Crippen molar-refractivity contribution in [2.75, 3.05) is 0 Å². The Kier molecular flexibility index (Phi) is 5.43. The minimum absolute atomic E-state index is 0.152. The molecule has 5 heteroatoms. The molecule has 0 bridgehead atoms. The number of hydrogen-bond acceptors (Lipinski definition) is 4. The van der Waals surface area contributed by atoms with Crippen LogP contribution in [0.1, 0.15) is 23.7 Å². The van der Waals surface area contributed by atoms with E-state index in [0.717, 1.165) is 5.56 Å². The molecule has 110 valence electrons. The number of carboxylic acids is 1. The summed E-state index contributed by atoms with van der Waals surface area (Å²) in [6.45, 7) is 0.477. The molecule has 0 radical (unpaired) electrons. The van der Waals surface area contributed by atoms with Gasteiger partial charge in [-0.05, 0) is 23.3 Å². The van der Waals surface area contributed by atoms with E-state index in [4.69, 9.17) is 5.11 Å². The molecule has 2 aromatic rings. The summed E-state index contributed by atoms with van der Waals surface area (Å²) >= 11 is 0. The highest BCUT2D eigenvalue weighted by Crippen LogP contribution is 2.19. The number of nitrogens with one attached hydrogen (secondary N) is 1. The minimum atomic E-state index is -0.947. The average Bonchev–Trinajstić information content (AvgIpc) is 2.52. The third kappa shape index (κ3) is 4.66. The van der Waals surface area contributed by atoms with Gasteiger partial charge in [0.15, 0.2) is 0 Å². The molecule has 2 atom stereocenters. The van der Waals surface area contributed by atoms with Gasteiger partial charge < -0.3 is 15.5 Å². The van der Waals surface area contributed by atoms with Crippen LogP contribution in [0.3, 0.4) is 0 Å². The Hall–Kier alpha value is -2.24. The van der Waals surface area contributed by atoms with Crippen LogP contribution < -0.4 is 5.32 Å². The highest BCUT2D eigenvalue weighted by atomic mass is 16.4. The van der Waals surface area contributed by atoms with E-state index < -0.39 is 18.1 Å². The first-order valence-corrected chi connectivity index (χ1v) is 6.74. The van der Waals surface area contributed by atoms with Crippen LogP contribution in [0.15, 0.2) is 54.9 Å². The van der Waals surface area contributed by atoms with Crippen LogP contribution in [0.2, 0.25) is 0 Å². The summed E-state index contributed by atoms with van der Waals surface area (Å²) in [5, 5.41) is 22.5. The van der Waals surface area contributed by atoms with Crippen molar-refractivity contribution in [3.8, 4) is 0 Å². The molecule has 0 saturated carbocycles. The number of pyridine rings is 1. The lowest BCUT2D eigenvalue weighted by atomic mass is 9.99. The van der Waals surface area contributed by atoms with Gasteiger partial charge in [-0.25, -0.2) is 0 Å². The zero-order valence-corrected chi connectivity index (χ0v) is 11.5. The van der Waals surface area contributed by atoms with Gasteiger partial charge >= 0.3 is 5.97 Å². The minimum Gasteiger partial charge on any atom is -0.481 e. The SMILES string of the molecule is O=C(O)CC(NCc1ccncc1)C(O)c1ccccc1. The van der Waals surface area contributed by atoms with Crippen LogP contribution in [0, 0.1) is 0 Å². The zero-order valence-electron chi connectivity index (χ0n) is 11.5. The molecule has 0 aliphatic rings. The van der Waals surface area contributed by atoms with E-state index >= 15 is 0 Å². The van der Waals surface area contributed by atoms with E-state index in [2.05, 4.69) is 10.3 Å². The molecule has 0 fully saturated rings. The number of carboxylic acid groups (broad SMARTS) is 1. The molecule has 0 aliphatic heterocycles. The fourth-order valence-corrected chi connectivity index (χ4v) is 2.12. The van der Waals surface area contributed by atoms with Crippen molar-refractivity contribution >= 4 is 5.97 Å². The third-order valence-corrected chi connectivity index (χ3v) is 3.23.